The lowest BCUT2D eigenvalue weighted by Crippen LogP contribution is -2.33. The fraction of sp³-hybridized carbons (Fsp3) is 0.280. The van der Waals surface area contributed by atoms with Crippen molar-refractivity contribution in [2.75, 3.05) is 13.2 Å². The third-order valence-corrected chi connectivity index (χ3v) is 5.52. The molecule has 1 atom stereocenters. The van der Waals surface area contributed by atoms with Crippen LogP contribution in [0.3, 0.4) is 0 Å². The van der Waals surface area contributed by atoms with Gasteiger partial charge in [-0.15, -0.1) is 0 Å². The zero-order valence-corrected chi connectivity index (χ0v) is 18.2. The molecule has 0 fully saturated rings. The highest BCUT2D eigenvalue weighted by atomic mass is 19.1. The van der Waals surface area contributed by atoms with Gasteiger partial charge >= 0.3 is 0 Å². The molecular formula is C25H24FNO5. The first-order chi connectivity index (χ1) is 15.3. The van der Waals surface area contributed by atoms with E-state index >= 15 is 0 Å². The van der Waals surface area contributed by atoms with Crippen LogP contribution in [0.5, 0.6) is 17.2 Å². The van der Waals surface area contributed by atoms with E-state index in [-0.39, 0.29) is 35.6 Å². The number of aromatic nitrogens is 1. The number of ketones is 2. The molecule has 7 heteroatoms. The smallest absolute Gasteiger partial charge is 0.202 e. The largest absolute Gasteiger partial charge is 0.486 e. The van der Waals surface area contributed by atoms with Crippen molar-refractivity contribution >= 4 is 11.6 Å². The molecule has 3 aromatic rings. The summed E-state index contributed by atoms with van der Waals surface area (Å²) in [6, 6.07) is 13.3. The quantitative estimate of drug-likeness (QED) is 0.508. The maximum Gasteiger partial charge on any atom is 0.202 e. The first-order valence-corrected chi connectivity index (χ1v) is 10.3. The van der Waals surface area contributed by atoms with E-state index in [2.05, 4.69) is 0 Å². The van der Waals surface area contributed by atoms with Gasteiger partial charge in [-0.05, 0) is 51.1 Å². The fourth-order valence-electron chi connectivity index (χ4n) is 3.82. The number of hydrogen-bond donors (Lipinski definition) is 0. The van der Waals surface area contributed by atoms with Crippen molar-refractivity contribution in [3.8, 4) is 17.2 Å². The van der Waals surface area contributed by atoms with Crippen LogP contribution >= 0.6 is 0 Å². The minimum Gasteiger partial charge on any atom is -0.486 e. The Morgan fingerprint density at radius 3 is 2.56 bits per heavy atom. The molecule has 1 aromatic heterocycles. The Kier molecular flexibility index (Phi) is 5.99. The molecule has 32 heavy (non-hydrogen) atoms. The van der Waals surface area contributed by atoms with Crippen LogP contribution in [0.4, 0.5) is 4.39 Å². The lowest BCUT2D eigenvalue weighted by Gasteiger charge is -2.27. The van der Waals surface area contributed by atoms with Crippen LogP contribution in [-0.4, -0.2) is 35.5 Å². The van der Waals surface area contributed by atoms with Crippen molar-refractivity contribution in [1.82, 2.24) is 4.57 Å². The van der Waals surface area contributed by atoms with Gasteiger partial charge in [0.1, 0.15) is 18.2 Å². The van der Waals surface area contributed by atoms with Gasteiger partial charge in [-0.25, -0.2) is 4.39 Å². The maximum atomic E-state index is 14.0. The third kappa shape index (κ3) is 4.37. The topological polar surface area (TPSA) is 66.8 Å². The van der Waals surface area contributed by atoms with E-state index in [1.165, 1.54) is 19.1 Å². The molecule has 4 rings (SSSR count). The van der Waals surface area contributed by atoms with E-state index in [9.17, 15) is 14.0 Å². The zero-order valence-electron chi connectivity index (χ0n) is 18.2. The number of para-hydroxylation sites is 2. The van der Waals surface area contributed by atoms with E-state index in [1.54, 1.807) is 0 Å². The van der Waals surface area contributed by atoms with Crippen molar-refractivity contribution in [2.45, 2.75) is 33.4 Å². The Hall–Kier alpha value is -3.61. The fourth-order valence-corrected chi connectivity index (χ4v) is 3.82. The molecule has 2 aromatic carbocycles. The Bertz CT molecular complexity index is 1180. The van der Waals surface area contributed by atoms with E-state index in [0.29, 0.717) is 24.5 Å². The summed E-state index contributed by atoms with van der Waals surface area (Å²) in [6.45, 7) is 5.82. The molecule has 0 saturated carbocycles. The highest BCUT2D eigenvalue weighted by Crippen LogP contribution is 2.31. The predicted octanol–water partition coefficient (Wildman–Crippen LogP) is 4.55. The average molecular weight is 437 g/mol. The van der Waals surface area contributed by atoms with Gasteiger partial charge in [0.15, 0.2) is 30.0 Å². The van der Waals surface area contributed by atoms with Gasteiger partial charge < -0.3 is 18.8 Å². The molecule has 0 bridgehead atoms. The molecule has 0 N–H and O–H groups in total. The lowest BCUT2D eigenvalue weighted by molar-refractivity contribution is 0.0777. The second kappa shape index (κ2) is 8.86. The first kappa shape index (κ1) is 21.6. The molecule has 0 radical (unpaired) electrons. The summed E-state index contributed by atoms with van der Waals surface area (Å²) in [5.41, 5.74) is 2.26. The van der Waals surface area contributed by atoms with Gasteiger partial charge in [0.2, 0.25) is 5.78 Å². The van der Waals surface area contributed by atoms with Crippen molar-refractivity contribution in [2.24, 2.45) is 0 Å². The summed E-state index contributed by atoms with van der Waals surface area (Å²) in [5, 5.41) is 0. The number of rotatable bonds is 7. The van der Waals surface area contributed by atoms with Crippen molar-refractivity contribution in [3.63, 3.8) is 0 Å². The third-order valence-electron chi connectivity index (χ3n) is 5.52. The second-order valence-corrected chi connectivity index (χ2v) is 7.80. The number of aryl methyl sites for hydroxylation is 1. The number of carbonyl (C=O) groups is 2. The molecule has 1 aliphatic rings. The Morgan fingerprint density at radius 1 is 1.09 bits per heavy atom. The van der Waals surface area contributed by atoms with Gasteiger partial charge in [-0.3, -0.25) is 9.59 Å². The minimum absolute atomic E-state index is 0.0104. The number of Topliss-reactive ketones (excluding diaryl/α,β-unsaturated/α-hetero) is 2. The monoisotopic (exact) mass is 437 g/mol. The summed E-state index contributed by atoms with van der Waals surface area (Å²) >= 11 is 0. The molecule has 0 spiro atoms. The highest BCUT2D eigenvalue weighted by Gasteiger charge is 2.24. The molecule has 0 amide bonds. The van der Waals surface area contributed by atoms with Crippen molar-refractivity contribution in [1.29, 1.82) is 0 Å². The van der Waals surface area contributed by atoms with Crippen LogP contribution in [-0.2, 0) is 6.54 Å². The van der Waals surface area contributed by atoms with Crippen LogP contribution in [0.2, 0.25) is 0 Å². The van der Waals surface area contributed by atoms with E-state index in [1.807, 2.05) is 48.7 Å². The van der Waals surface area contributed by atoms with Crippen molar-refractivity contribution < 1.29 is 28.2 Å². The van der Waals surface area contributed by atoms with Gasteiger partial charge in [-0.1, -0.05) is 12.1 Å². The maximum absolute atomic E-state index is 14.0. The van der Waals surface area contributed by atoms with E-state index in [0.717, 1.165) is 23.2 Å². The number of nitrogens with zero attached hydrogens (tertiary/aromatic N) is 1. The Labute approximate surface area is 185 Å². The van der Waals surface area contributed by atoms with Gasteiger partial charge in [0, 0.05) is 23.0 Å². The molecular weight excluding hydrogens is 413 g/mol. The summed E-state index contributed by atoms with van der Waals surface area (Å²) < 4.78 is 33.3. The summed E-state index contributed by atoms with van der Waals surface area (Å²) in [5.74, 6) is 0.377. The van der Waals surface area contributed by atoms with Crippen molar-refractivity contribution in [3.05, 3.63) is 76.9 Å². The lowest BCUT2D eigenvalue weighted by atomic mass is 10.1. The number of fused-ring (bicyclic) bond motifs is 1. The molecule has 0 aliphatic carbocycles. The molecule has 0 saturated heterocycles. The Balaban J connectivity index is 1.43. The number of carbonyl (C=O) groups excluding carboxylic acids is 2. The van der Waals surface area contributed by atoms with Crippen LogP contribution in [0, 0.1) is 19.7 Å². The second-order valence-electron chi connectivity index (χ2n) is 7.80. The Morgan fingerprint density at radius 2 is 1.84 bits per heavy atom. The molecule has 1 aliphatic heterocycles. The van der Waals surface area contributed by atoms with Crippen LogP contribution in [0.25, 0.3) is 0 Å². The summed E-state index contributed by atoms with van der Waals surface area (Å²) in [6.07, 6.45) is -0.184. The predicted molar refractivity (Wildman–Crippen MR) is 116 cm³/mol. The first-order valence-electron chi connectivity index (χ1n) is 10.3. The van der Waals surface area contributed by atoms with Gasteiger partial charge in [0.25, 0.3) is 0 Å². The van der Waals surface area contributed by atoms with E-state index in [4.69, 9.17) is 14.2 Å². The highest BCUT2D eigenvalue weighted by molar-refractivity contribution is 5.98. The number of hydrogen-bond acceptors (Lipinski definition) is 5. The number of ether oxygens (including phenoxy) is 3. The summed E-state index contributed by atoms with van der Waals surface area (Å²) in [4.78, 5) is 24.1. The van der Waals surface area contributed by atoms with Crippen LogP contribution in [0.15, 0.2) is 48.5 Å². The molecule has 6 nitrogen and oxygen atoms in total. The average Bonchev–Trinajstić information content (AvgIpc) is 3.05. The van der Waals surface area contributed by atoms with E-state index < -0.39 is 5.82 Å². The normalized spacial score (nSPS) is 14.8. The number of halogens is 1. The number of benzene rings is 2. The van der Waals surface area contributed by atoms with Crippen LogP contribution in [0.1, 0.15) is 39.0 Å². The SMILES string of the molecule is CC(=O)c1ccc(OCC(=O)c2cc(C)n(CC3COc4ccccc4O3)c2C)cc1F. The minimum atomic E-state index is -0.670. The zero-order chi connectivity index (χ0) is 22.8. The van der Waals surface area contributed by atoms with Gasteiger partial charge in [-0.2, -0.15) is 0 Å². The van der Waals surface area contributed by atoms with Crippen LogP contribution < -0.4 is 14.2 Å². The molecule has 2 heterocycles. The standard InChI is InChI=1S/C25H24FNO5/c1-15-10-21(23(29)14-30-18-8-9-20(17(3)28)22(26)11-18)16(2)27(15)12-19-13-31-24-6-4-5-7-25(24)32-19/h4-11,19H,12-14H2,1-3H3. The molecule has 166 valence electrons. The molecule has 1 unspecified atom stereocenters. The van der Waals surface area contributed by atoms with Gasteiger partial charge in [0.05, 0.1) is 12.1 Å². The summed E-state index contributed by atoms with van der Waals surface area (Å²) in [7, 11) is 0.